The summed E-state index contributed by atoms with van der Waals surface area (Å²) < 4.78 is 61.8. The summed E-state index contributed by atoms with van der Waals surface area (Å²) in [5.74, 6) is -1.40. The van der Waals surface area contributed by atoms with Gasteiger partial charge in [-0.25, -0.2) is 8.78 Å². The van der Waals surface area contributed by atoms with Crippen LogP contribution in [0.5, 0.6) is 0 Å². The third kappa shape index (κ3) is 5.04. The fraction of sp³-hybridized carbons (Fsp3) is 0.429. The van der Waals surface area contributed by atoms with Gasteiger partial charge in [-0.2, -0.15) is 0 Å². The molecule has 6 heteroatoms. The van der Waals surface area contributed by atoms with Crippen LogP contribution in [0.1, 0.15) is 52.8 Å². The van der Waals surface area contributed by atoms with Crippen molar-refractivity contribution in [1.29, 1.82) is 0 Å². The van der Waals surface area contributed by atoms with Crippen LogP contribution in [0, 0.1) is 12.7 Å². The maximum Gasteiger partial charge on any atom is 0.253 e. The van der Waals surface area contributed by atoms with E-state index in [4.69, 9.17) is 17.1 Å². The fourth-order valence-electron chi connectivity index (χ4n) is 2.88. The number of carbonyl (C=O) groups is 1. The molecule has 2 heterocycles. The maximum absolute atomic E-state index is 15.5. The zero-order valence-electron chi connectivity index (χ0n) is 18.9. The van der Waals surface area contributed by atoms with Crippen LogP contribution in [-0.4, -0.2) is 34.5 Å². The van der Waals surface area contributed by atoms with Gasteiger partial charge in [0, 0.05) is 36.0 Å². The molecule has 144 valence electrons. The van der Waals surface area contributed by atoms with E-state index in [-0.39, 0.29) is 42.1 Å². The van der Waals surface area contributed by atoms with Crippen LogP contribution in [0.3, 0.4) is 0 Å². The summed E-state index contributed by atoms with van der Waals surface area (Å²) in [6.45, 7) is -0.650. The molecule has 1 aliphatic rings. The number of pyridine rings is 1. The Bertz CT molecular complexity index is 974. The van der Waals surface area contributed by atoms with Gasteiger partial charge in [-0.15, -0.1) is 0 Å². The van der Waals surface area contributed by atoms with E-state index in [2.05, 4.69) is 4.98 Å². The lowest BCUT2D eigenvalue weighted by atomic mass is 9.87. The second kappa shape index (κ2) is 8.34. The second-order valence-corrected chi connectivity index (χ2v) is 7.13. The minimum Gasteiger partial charge on any atom is -0.338 e. The Morgan fingerprint density at radius 3 is 2.89 bits per heavy atom. The van der Waals surface area contributed by atoms with Gasteiger partial charge in [0.2, 0.25) is 0 Å². The smallest absolute Gasteiger partial charge is 0.253 e. The van der Waals surface area contributed by atoms with Crippen LogP contribution in [0.2, 0.25) is 5.02 Å². The number of aromatic nitrogens is 1. The third-order valence-electron chi connectivity index (χ3n) is 4.57. The van der Waals surface area contributed by atoms with Crippen molar-refractivity contribution in [2.24, 2.45) is 0 Å². The van der Waals surface area contributed by atoms with Gasteiger partial charge in [-0.1, -0.05) is 17.7 Å². The monoisotopic (exact) mass is 396 g/mol. The van der Waals surface area contributed by atoms with Crippen LogP contribution >= 0.6 is 11.6 Å². The number of benzene rings is 1. The molecule has 1 amide bonds. The summed E-state index contributed by atoms with van der Waals surface area (Å²) >= 11 is 5.72. The fourth-order valence-corrected chi connectivity index (χ4v) is 3.06. The second-order valence-electron chi connectivity index (χ2n) is 6.72. The summed E-state index contributed by atoms with van der Waals surface area (Å²) in [5.41, 5.74) is -0.873. The molecule has 0 spiro atoms. The zero-order chi connectivity index (χ0) is 23.0. The molecule has 0 bridgehead atoms. The standard InChI is InChI=1S/C21H23ClF2N2O/c1-15-4-6-17(25-14-15)3-2-8-21(24)9-11-26(12-10-21)20(27)16-5-7-19(23)18(22)13-16/h4-7,13-14H,2-3,8-12H2,1H3/i3D2,11D2. The van der Waals surface area contributed by atoms with E-state index in [9.17, 15) is 9.18 Å². The lowest BCUT2D eigenvalue weighted by molar-refractivity contribution is 0.0389. The van der Waals surface area contributed by atoms with Crippen molar-refractivity contribution in [2.45, 2.75) is 44.6 Å². The molecule has 1 fully saturated rings. The molecular weight excluding hydrogens is 370 g/mol. The number of hydrogen-bond acceptors (Lipinski definition) is 2. The summed E-state index contributed by atoms with van der Waals surface area (Å²) in [6, 6.07) is 6.65. The van der Waals surface area contributed by atoms with Gasteiger partial charge in [0.05, 0.1) is 5.02 Å². The number of likely N-dealkylation sites (tertiary alicyclic amines) is 1. The lowest BCUT2D eigenvalue weighted by Crippen LogP contribution is -2.44. The Balaban J connectivity index is 1.70. The summed E-state index contributed by atoms with van der Waals surface area (Å²) in [5, 5.41) is -0.254. The normalized spacial score (nSPS) is 24.5. The first-order valence-electron chi connectivity index (χ1n) is 10.7. The molecule has 0 N–H and O–H groups in total. The van der Waals surface area contributed by atoms with Gasteiger partial charge in [0.1, 0.15) is 11.5 Å². The molecule has 1 aromatic heterocycles. The van der Waals surface area contributed by atoms with Crippen LogP contribution in [0.25, 0.3) is 0 Å². The highest BCUT2D eigenvalue weighted by atomic mass is 35.5. The van der Waals surface area contributed by atoms with Crippen molar-refractivity contribution in [3.8, 4) is 0 Å². The minimum absolute atomic E-state index is 0.0170. The quantitative estimate of drug-likeness (QED) is 0.700. The highest BCUT2D eigenvalue weighted by Gasteiger charge is 2.35. The predicted octanol–water partition coefficient (Wildman–Crippen LogP) is 5.15. The molecular formula is C21H23ClF2N2O. The number of piperidine rings is 1. The van der Waals surface area contributed by atoms with Gasteiger partial charge in [-0.3, -0.25) is 9.78 Å². The highest BCUT2D eigenvalue weighted by Crippen LogP contribution is 2.32. The number of rotatable bonds is 5. The van der Waals surface area contributed by atoms with E-state index in [0.29, 0.717) is 0 Å². The molecule has 3 nitrogen and oxygen atoms in total. The SMILES string of the molecule is [2H]C([2H])(CCC1(F)CCN(C(=O)c2ccc(F)c(Cl)c2)C([2H])([2H])C1)c1ccc(C)cn1. The lowest BCUT2D eigenvalue weighted by Gasteiger charge is -2.36. The van der Waals surface area contributed by atoms with Crippen molar-refractivity contribution in [1.82, 2.24) is 9.88 Å². The van der Waals surface area contributed by atoms with Crippen LogP contribution in [0.15, 0.2) is 36.5 Å². The molecule has 0 saturated carbocycles. The number of nitrogens with zero attached hydrogens (tertiary/aromatic N) is 2. The number of alkyl halides is 1. The van der Waals surface area contributed by atoms with Crippen molar-refractivity contribution < 1.29 is 19.1 Å². The molecule has 2 aromatic rings. The maximum atomic E-state index is 15.5. The molecule has 0 aliphatic carbocycles. The molecule has 27 heavy (non-hydrogen) atoms. The zero-order valence-corrected chi connectivity index (χ0v) is 15.7. The van der Waals surface area contributed by atoms with E-state index in [0.717, 1.165) is 22.6 Å². The van der Waals surface area contributed by atoms with Gasteiger partial charge in [0.25, 0.3) is 5.91 Å². The Morgan fingerprint density at radius 2 is 2.22 bits per heavy atom. The first-order valence-corrected chi connectivity index (χ1v) is 9.10. The average Bonchev–Trinajstić information content (AvgIpc) is 2.68. The van der Waals surface area contributed by atoms with Gasteiger partial charge in [0.15, 0.2) is 0 Å². The molecule has 1 saturated heterocycles. The number of amides is 1. The topological polar surface area (TPSA) is 33.2 Å². The largest absolute Gasteiger partial charge is 0.338 e. The molecule has 1 atom stereocenters. The molecule has 3 rings (SSSR count). The highest BCUT2D eigenvalue weighted by molar-refractivity contribution is 6.31. The summed E-state index contributed by atoms with van der Waals surface area (Å²) in [6.07, 6.45) is -1.42. The Hall–Kier alpha value is -2.01. The molecule has 1 aromatic carbocycles. The van der Waals surface area contributed by atoms with Gasteiger partial charge in [-0.05, 0) is 68.8 Å². The summed E-state index contributed by atoms with van der Waals surface area (Å²) in [7, 11) is 0. The number of hydrogen-bond donors (Lipinski definition) is 0. The third-order valence-corrected chi connectivity index (χ3v) is 4.86. The van der Waals surface area contributed by atoms with Crippen LogP contribution in [-0.2, 0) is 6.37 Å². The number of aryl methyl sites for hydroxylation is 2. The van der Waals surface area contributed by atoms with Gasteiger partial charge >= 0.3 is 0 Å². The number of carbonyl (C=O) groups excluding carboxylic acids is 1. The van der Waals surface area contributed by atoms with Crippen molar-refractivity contribution in [3.63, 3.8) is 0 Å². The van der Waals surface area contributed by atoms with Gasteiger partial charge < -0.3 is 4.90 Å². The first kappa shape index (κ1) is 15.0. The number of halogens is 3. The van der Waals surface area contributed by atoms with E-state index in [1.807, 2.05) is 6.92 Å². The Labute approximate surface area is 169 Å². The van der Waals surface area contributed by atoms with E-state index < -0.39 is 36.7 Å². The molecule has 1 unspecified atom stereocenters. The predicted molar refractivity (Wildman–Crippen MR) is 102 cm³/mol. The van der Waals surface area contributed by atoms with E-state index >= 15 is 4.39 Å². The van der Waals surface area contributed by atoms with Crippen molar-refractivity contribution in [2.75, 3.05) is 13.0 Å². The van der Waals surface area contributed by atoms with E-state index in [1.54, 1.807) is 18.3 Å². The average molecular weight is 397 g/mol. The Kier molecular flexibility index (Phi) is 4.63. The van der Waals surface area contributed by atoms with Crippen LogP contribution in [0.4, 0.5) is 8.78 Å². The van der Waals surface area contributed by atoms with Crippen molar-refractivity contribution >= 4 is 17.5 Å². The molecule has 1 aliphatic heterocycles. The first-order chi connectivity index (χ1) is 14.3. The minimum atomic E-state index is -2.29. The van der Waals surface area contributed by atoms with E-state index in [1.165, 1.54) is 6.07 Å². The van der Waals surface area contributed by atoms with Crippen molar-refractivity contribution in [3.05, 3.63) is 64.2 Å². The molecule has 0 radical (unpaired) electrons. The summed E-state index contributed by atoms with van der Waals surface area (Å²) in [4.78, 5) is 17.7. The van der Waals surface area contributed by atoms with Crippen LogP contribution < -0.4 is 0 Å². The Morgan fingerprint density at radius 1 is 1.41 bits per heavy atom.